The van der Waals surface area contributed by atoms with E-state index >= 15 is 13.6 Å². The number of allylic oxidation sites excluding steroid dienone is 2. The molecule has 4 rings (SSSR count). The first-order valence-corrected chi connectivity index (χ1v) is 17.0. The monoisotopic (exact) mass is 669 g/mol. The van der Waals surface area contributed by atoms with Crippen LogP contribution < -0.4 is 11.1 Å². The highest BCUT2D eigenvalue weighted by atomic mass is 32.1. The summed E-state index contributed by atoms with van der Waals surface area (Å²) in [5.41, 5.74) is 5.23. The van der Waals surface area contributed by atoms with Crippen molar-refractivity contribution in [1.29, 1.82) is 0 Å². The number of benzene rings is 1. The fourth-order valence-electron chi connectivity index (χ4n) is 6.49. The minimum atomic E-state index is -2.00. The lowest BCUT2D eigenvalue weighted by atomic mass is 9.58. The number of rotatable bonds is 16. The van der Waals surface area contributed by atoms with Crippen LogP contribution in [0.4, 0.5) is 8.78 Å². The van der Waals surface area contributed by atoms with Gasteiger partial charge in [-0.25, -0.2) is 23.5 Å². The number of nitrogens with one attached hydrogen (secondary N) is 1. The van der Waals surface area contributed by atoms with E-state index in [9.17, 15) is 9.90 Å². The summed E-state index contributed by atoms with van der Waals surface area (Å²) in [5.74, 6) is -3.61. The zero-order valence-electron chi connectivity index (χ0n) is 27.7. The number of thiazole rings is 1. The van der Waals surface area contributed by atoms with Gasteiger partial charge in [-0.3, -0.25) is 4.79 Å². The largest absolute Gasteiger partial charge is 0.478 e. The van der Waals surface area contributed by atoms with E-state index in [-0.39, 0.29) is 22.6 Å². The number of carboxylic acids is 1. The quantitative estimate of drug-likeness (QED) is 0.166. The Morgan fingerprint density at radius 3 is 2.36 bits per heavy atom. The number of amides is 1. The van der Waals surface area contributed by atoms with E-state index in [1.165, 1.54) is 18.5 Å². The van der Waals surface area contributed by atoms with Crippen molar-refractivity contribution in [3.8, 4) is 0 Å². The summed E-state index contributed by atoms with van der Waals surface area (Å²) >= 11 is 1.63. The van der Waals surface area contributed by atoms with E-state index in [0.29, 0.717) is 56.9 Å². The van der Waals surface area contributed by atoms with Gasteiger partial charge in [0.15, 0.2) is 0 Å². The maximum Gasteiger partial charge on any atom is 0.333 e. The van der Waals surface area contributed by atoms with E-state index in [1.54, 1.807) is 16.2 Å². The lowest BCUT2D eigenvalue weighted by Crippen LogP contribution is -2.62. The zero-order chi connectivity index (χ0) is 34.3. The number of nitrogens with two attached hydrogens (primary N) is 1. The average molecular weight is 670 g/mol. The van der Waals surface area contributed by atoms with Crippen molar-refractivity contribution in [2.24, 2.45) is 17.6 Å². The third kappa shape index (κ3) is 7.71. The van der Waals surface area contributed by atoms with Crippen LogP contribution in [0.3, 0.4) is 0 Å². The first-order valence-electron chi connectivity index (χ1n) is 16.2. The van der Waals surface area contributed by atoms with Gasteiger partial charge in [0, 0.05) is 55.3 Å². The lowest BCUT2D eigenvalue weighted by molar-refractivity contribution is -0.137. The van der Waals surface area contributed by atoms with Gasteiger partial charge < -0.3 is 25.5 Å². The number of carboxylic acid groups (broad SMARTS) is 1. The van der Waals surface area contributed by atoms with Gasteiger partial charge in [0.25, 0.3) is 0 Å². The molecular weight excluding hydrogens is 624 g/mol. The van der Waals surface area contributed by atoms with Crippen molar-refractivity contribution in [3.05, 3.63) is 87.1 Å². The highest BCUT2D eigenvalue weighted by Crippen LogP contribution is 2.50. The predicted molar refractivity (Wildman–Crippen MR) is 178 cm³/mol. The second-order valence-electron chi connectivity index (χ2n) is 12.4. The van der Waals surface area contributed by atoms with Gasteiger partial charge in [0.1, 0.15) is 23.3 Å². The van der Waals surface area contributed by atoms with Crippen molar-refractivity contribution in [2.45, 2.75) is 78.3 Å². The Balaban J connectivity index is 1.98. The van der Waals surface area contributed by atoms with Gasteiger partial charge in [-0.1, -0.05) is 34.6 Å². The zero-order valence-corrected chi connectivity index (χ0v) is 28.5. The van der Waals surface area contributed by atoms with Crippen LogP contribution in [0.2, 0.25) is 0 Å². The molecule has 254 valence electrons. The molecule has 0 bridgehead atoms. The Labute approximate surface area is 279 Å². The van der Waals surface area contributed by atoms with Gasteiger partial charge >= 0.3 is 5.97 Å². The molecule has 3 atom stereocenters. The van der Waals surface area contributed by atoms with Crippen LogP contribution in [0.5, 0.6) is 0 Å². The molecule has 0 fully saturated rings. The van der Waals surface area contributed by atoms with E-state index in [4.69, 9.17) is 10.2 Å². The van der Waals surface area contributed by atoms with Gasteiger partial charge in [-0.2, -0.15) is 0 Å². The number of hydrogen-bond acceptors (Lipinski definition) is 8. The van der Waals surface area contributed by atoms with Crippen molar-refractivity contribution in [3.63, 3.8) is 0 Å². The Morgan fingerprint density at radius 1 is 1.13 bits per heavy atom. The molecule has 0 radical (unpaired) electrons. The second kappa shape index (κ2) is 15.9. The van der Waals surface area contributed by atoms with Crippen LogP contribution in [-0.4, -0.2) is 57.5 Å². The van der Waals surface area contributed by atoms with Gasteiger partial charge in [-0.15, -0.1) is 11.3 Å². The van der Waals surface area contributed by atoms with Crippen LogP contribution in [0, 0.1) is 23.5 Å². The smallest absolute Gasteiger partial charge is 0.333 e. The summed E-state index contributed by atoms with van der Waals surface area (Å²) in [5, 5.41) is 15.0. The first-order chi connectivity index (χ1) is 22.5. The summed E-state index contributed by atoms with van der Waals surface area (Å²) in [4.78, 5) is 39.6. The summed E-state index contributed by atoms with van der Waals surface area (Å²) in [6.07, 6.45) is 8.59. The molecule has 3 aromatic rings. The number of carbonyl (C=O) groups excluding carboxylic acids is 1. The number of oxazole rings is 1. The van der Waals surface area contributed by atoms with Crippen LogP contribution in [0.15, 0.2) is 58.5 Å². The summed E-state index contributed by atoms with van der Waals surface area (Å²) in [6.45, 7) is 11.6. The molecule has 0 saturated carbocycles. The maximum atomic E-state index is 15.2. The number of aliphatic carboxylic acids is 1. The molecule has 1 unspecified atom stereocenters. The van der Waals surface area contributed by atoms with Gasteiger partial charge in [0.2, 0.25) is 11.8 Å². The molecule has 9 nitrogen and oxygen atoms in total. The highest BCUT2D eigenvalue weighted by Gasteiger charge is 2.57. The highest BCUT2D eigenvalue weighted by molar-refractivity contribution is 7.11. The van der Waals surface area contributed by atoms with E-state index in [2.05, 4.69) is 29.1 Å². The van der Waals surface area contributed by atoms with Crippen LogP contribution in [0.25, 0.3) is 5.57 Å². The molecular formula is C35H45F2N5O4S. The maximum absolute atomic E-state index is 15.2. The third-order valence-electron chi connectivity index (χ3n) is 8.43. The fraction of sp³-hybridized carbons (Fsp3) is 0.486. The standard InChI is InChI=1S/C35H45F2N5O4S/c1-6-10-42(11-7-2)34(45)35(23-14-24(36)16-25(37)15-23)30(27(32-40-9-12-46-32)17-28(31(35)38)33(43)44)22(8-3)18-39-19-26-20-41-29(47-26)13-21(4)5/h9,12,14-17,20-22,31,39H,6-8,10-11,13,18-19,38H2,1-5H3,(H,43,44)/t22-,31+,35?/m0/s1. The number of halogens is 2. The van der Waals surface area contributed by atoms with Crippen molar-refractivity contribution in [2.75, 3.05) is 19.6 Å². The lowest BCUT2D eigenvalue weighted by Gasteiger charge is -2.48. The van der Waals surface area contributed by atoms with Gasteiger partial charge in [-0.05, 0) is 60.4 Å². The molecule has 47 heavy (non-hydrogen) atoms. The molecule has 0 spiro atoms. The molecule has 0 saturated heterocycles. The molecule has 2 aromatic heterocycles. The van der Waals surface area contributed by atoms with Crippen LogP contribution in [-0.2, 0) is 28.0 Å². The summed E-state index contributed by atoms with van der Waals surface area (Å²) < 4.78 is 36.0. The molecule has 2 heterocycles. The molecule has 1 aliphatic carbocycles. The Kier molecular flexibility index (Phi) is 12.2. The Hall–Kier alpha value is -3.74. The Morgan fingerprint density at radius 2 is 1.81 bits per heavy atom. The van der Waals surface area contributed by atoms with Crippen molar-refractivity contribution < 1.29 is 27.9 Å². The van der Waals surface area contributed by atoms with Gasteiger partial charge in [0.05, 0.1) is 22.8 Å². The normalized spacial score (nSPS) is 18.8. The number of carbonyl (C=O) groups is 2. The van der Waals surface area contributed by atoms with Crippen LogP contribution in [0.1, 0.15) is 75.2 Å². The minimum absolute atomic E-state index is 0.0603. The topological polar surface area (TPSA) is 135 Å². The third-order valence-corrected chi connectivity index (χ3v) is 9.45. The number of nitrogens with zero attached hydrogens (tertiary/aromatic N) is 3. The molecule has 12 heteroatoms. The number of hydrogen-bond donors (Lipinski definition) is 3. The SMILES string of the molecule is CCCN(CCC)C(=O)C1(c2cc(F)cc(F)c2)C([C@@H](CC)CNCc2cnc(CC(C)C)s2)=C(c2ncco2)C=C(C(=O)O)[C@H]1N. The average Bonchev–Trinajstić information content (AvgIpc) is 3.71. The summed E-state index contributed by atoms with van der Waals surface area (Å²) in [6, 6.07) is 1.40. The molecule has 0 aliphatic heterocycles. The minimum Gasteiger partial charge on any atom is -0.478 e. The van der Waals surface area contributed by atoms with Crippen molar-refractivity contribution in [1.82, 2.24) is 20.2 Å². The van der Waals surface area contributed by atoms with Crippen molar-refractivity contribution >= 4 is 28.8 Å². The van der Waals surface area contributed by atoms with E-state index in [1.807, 2.05) is 27.0 Å². The summed E-state index contributed by atoms with van der Waals surface area (Å²) in [7, 11) is 0. The molecule has 4 N–H and O–H groups in total. The predicted octanol–water partition coefficient (Wildman–Crippen LogP) is 6.12. The first kappa shape index (κ1) is 36.1. The second-order valence-corrected chi connectivity index (χ2v) is 13.6. The van der Waals surface area contributed by atoms with E-state index < -0.39 is 40.9 Å². The number of aromatic nitrogens is 2. The van der Waals surface area contributed by atoms with E-state index in [0.717, 1.165) is 34.5 Å². The fourth-order valence-corrected chi connectivity index (χ4v) is 7.60. The molecule has 1 aromatic carbocycles. The van der Waals surface area contributed by atoms with Crippen LogP contribution >= 0.6 is 11.3 Å². The molecule has 1 amide bonds. The Bertz CT molecular complexity index is 1580. The molecule has 1 aliphatic rings.